The van der Waals surface area contributed by atoms with Gasteiger partial charge in [0, 0.05) is 38.1 Å². The molecule has 0 aromatic carbocycles. The molecule has 18 heavy (non-hydrogen) atoms. The van der Waals surface area contributed by atoms with Crippen molar-refractivity contribution in [2.75, 3.05) is 20.3 Å². The first-order valence-corrected chi connectivity index (χ1v) is 7.46. The van der Waals surface area contributed by atoms with Crippen LogP contribution in [-0.2, 0) is 21.3 Å². The Hall–Kier alpha value is -0.890. The van der Waals surface area contributed by atoms with E-state index in [9.17, 15) is 8.42 Å². The molecule has 1 aromatic heterocycles. The lowest BCUT2D eigenvalue weighted by atomic mass is 10.4. The zero-order valence-electron chi connectivity index (χ0n) is 10.4. The molecular formula is C11H19N3O3S. The predicted octanol–water partition coefficient (Wildman–Crippen LogP) is 0.206. The van der Waals surface area contributed by atoms with E-state index in [0.29, 0.717) is 19.2 Å². The third-order valence-electron chi connectivity index (χ3n) is 2.96. The fraction of sp³-hybridized carbons (Fsp3) is 0.636. The molecule has 1 heterocycles. The summed E-state index contributed by atoms with van der Waals surface area (Å²) in [4.78, 5) is 0.283. The van der Waals surface area contributed by atoms with Gasteiger partial charge in [0.05, 0.1) is 11.5 Å². The summed E-state index contributed by atoms with van der Waals surface area (Å²) >= 11 is 0. The van der Waals surface area contributed by atoms with Crippen molar-refractivity contribution in [3.8, 4) is 0 Å². The van der Waals surface area contributed by atoms with Crippen LogP contribution in [0.3, 0.4) is 0 Å². The number of hydrogen-bond donors (Lipinski definition) is 2. The lowest BCUT2D eigenvalue weighted by Gasteiger charge is -2.04. The minimum Gasteiger partial charge on any atom is -0.383 e. The summed E-state index contributed by atoms with van der Waals surface area (Å²) in [6.45, 7) is 0.974. The molecule has 0 aliphatic heterocycles. The van der Waals surface area contributed by atoms with Gasteiger partial charge in [-0.2, -0.15) is 0 Å². The number of nitrogens with two attached hydrogens (primary N) is 1. The molecule has 2 rings (SSSR count). The Bertz CT molecular complexity index is 506. The van der Waals surface area contributed by atoms with Gasteiger partial charge in [0.15, 0.2) is 0 Å². The lowest BCUT2D eigenvalue weighted by Crippen LogP contribution is -2.26. The molecule has 1 fully saturated rings. The van der Waals surface area contributed by atoms with Crippen LogP contribution in [0.1, 0.15) is 24.6 Å². The average molecular weight is 273 g/mol. The van der Waals surface area contributed by atoms with E-state index >= 15 is 0 Å². The van der Waals surface area contributed by atoms with Gasteiger partial charge in [0.1, 0.15) is 0 Å². The highest BCUT2D eigenvalue weighted by molar-refractivity contribution is 7.89. The largest absolute Gasteiger partial charge is 0.383 e. The number of nitrogens with zero attached hydrogens (tertiary/aromatic N) is 1. The van der Waals surface area contributed by atoms with Crippen LogP contribution in [-0.4, -0.2) is 33.2 Å². The van der Waals surface area contributed by atoms with Crippen molar-refractivity contribution in [1.29, 1.82) is 0 Å². The molecule has 0 unspecified atom stereocenters. The van der Waals surface area contributed by atoms with Gasteiger partial charge in [0.25, 0.3) is 0 Å². The molecule has 0 spiro atoms. The number of hydrogen-bond acceptors (Lipinski definition) is 4. The summed E-state index contributed by atoms with van der Waals surface area (Å²) in [5.41, 5.74) is 6.50. The van der Waals surface area contributed by atoms with Gasteiger partial charge in [-0.25, -0.2) is 13.1 Å². The highest BCUT2D eigenvalue weighted by Crippen LogP contribution is 2.37. The average Bonchev–Trinajstić information content (AvgIpc) is 3.08. The fourth-order valence-corrected chi connectivity index (χ4v) is 2.92. The van der Waals surface area contributed by atoms with Gasteiger partial charge in [-0.05, 0) is 18.9 Å². The highest BCUT2D eigenvalue weighted by atomic mass is 32.2. The van der Waals surface area contributed by atoms with Crippen LogP contribution < -0.4 is 10.5 Å². The Morgan fingerprint density at radius 2 is 2.28 bits per heavy atom. The summed E-state index contributed by atoms with van der Waals surface area (Å²) < 4.78 is 33.3. The number of nitrogens with one attached hydrogen (secondary N) is 1. The molecule has 1 saturated carbocycles. The van der Waals surface area contributed by atoms with Crippen molar-refractivity contribution < 1.29 is 13.2 Å². The summed E-state index contributed by atoms with van der Waals surface area (Å²) in [5.74, 6) is 0. The van der Waals surface area contributed by atoms with Crippen molar-refractivity contribution in [3.05, 3.63) is 18.0 Å². The van der Waals surface area contributed by atoms with Gasteiger partial charge in [-0.1, -0.05) is 0 Å². The van der Waals surface area contributed by atoms with E-state index in [-0.39, 0.29) is 11.4 Å². The number of ether oxygens (including phenoxy) is 1. The Labute approximate surface area is 107 Å². The zero-order valence-corrected chi connectivity index (χ0v) is 11.2. The first-order valence-electron chi connectivity index (χ1n) is 5.98. The van der Waals surface area contributed by atoms with Gasteiger partial charge < -0.3 is 15.0 Å². The Morgan fingerprint density at radius 3 is 2.83 bits per heavy atom. The van der Waals surface area contributed by atoms with E-state index in [1.54, 1.807) is 12.3 Å². The van der Waals surface area contributed by atoms with Crippen LogP contribution >= 0.6 is 0 Å². The molecule has 0 radical (unpaired) electrons. The Morgan fingerprint density at radius 1 is 1.56 bits per heavy atom. The molecule has 0 bridgehead atoms. The lowest BCUT2D eigenvalue weighted by molar-refractivity contribution is 0.204. The number of methoxy groups -OCH3 is 1. The third kappa shape index (κ3) is 2.92. The zero-order chi connectivity index (χ0) is 13.2. The van der Waals surface area contributed by atoms with Crippen molar-refractivity contribution in [2.24, 2.45) is 5.73 Å². The topological polar surface area (TPSA) is 86.3 Å². The molecule has 0 saturated heterocycles. The summed E-state index contributed by atoms with van der Waals surface area (Å²) in [5, 5.41) is 0. The molecule has 0 atom stereocenters. The highest BCUT2D eigenvalue weighted by Gasteiger charge is 2.27. The predicted molar refractivity (Wildman–Crippen MR) is 67.7 cm³/mol. The molecule has 3 N–H and O–H groups in total. The quantitative estimate of drug-likeness (QED) is 0.695. The Balaban J connectivity index is 2.16. The maximum atomic E-state index is 12.0. The van der Waals surface area contributed by atoms with Gasteiger partial charge in [-0.15, -0.1) is 0 Å². The van der Waals surface area contributed by atoms with Crippen molar-refractivity contribution in [2.45, 2.75) is 30.3 Å². The smallest absolute Gasteiger partial charge is 0.242 e. The second kappa shape index (κ2) is 5.40. The Kier molecular flexibility index (Phi) is 4.06. The molecule has 7 heteroatoms. The van der Waals surface area contributed by atoms with Crippen LogP contribution in [0.25, 0.3) is 0 Å². The molecule has 1 aliphatic carbocycles. The molecule has 6 nitrogen and oxygen atoms in total. The van der Waals surface area contributed by atoms with Gasteiger partial charge in [0.2, 0.25) is 10.0 Å². The summed E-state index contributed by atoms with van der Waals surface area (Å²) in [7, 11) is -1.92. The van der Waals surface area contributed by atoms with E-state index in [1.807, 2.05) is 4.57 Å². The second-order valence-corrected chi connectivity index (χ2v) is 6.17. The number of sulfonamides is 1. The molecule has 102 valence electrons. The second-order valence-electron chi connectivity index (χ2n) is 4.40. The monoisotopic (exact) mass is 273 g/mol. The van der Waals surface area contributed by atoms with Gasteiger partial charge >= 0.3 is 0 Å². The van der Waals surface area contributed by atoms with Crippen molar-refractivity contribution in [1.82, 2.24) is 9.29 Å². The molecule has 0 amide bonds. The van der Waals surface area contributed by atoms with Crippen LogP contribution in [0.2, 0.25) is 0 Å². The van der Waals surface area contributed by atoms with Crippen LogP contribution in [0, 0.1) is 0 Å². The first-order chi connectivity index (χ1) is 8.58. The van der Waals surface area contributed by atoms with E-state index < -0.39 is 10.0 Å². The summed E-state index contributed by atoms with van der Waals surface area (Å²) in [6, 6.07) is 2.07. The maximum absolute atomic E-state index is 12.0. The minimum absolute atomic E-state index is 0.269. The van der Waals surface area contributed by atoms with Crippen molar-refractivity contribution >= 4 is 10.0 Å². The molecule has 1 aromatic rings. The van der Waals surface area contributed by atoms with E-state index in [2.05, 4.69) is 4.72 Å². The maximum Gasteiger partial charge on any atom is 0.242 e. The number of aromatic nitrogens is 1. The third-order valence-corrected chi connectivity index (χ3v) is 4.39. The van der Waals surface area contributed by atoms with Crippen LogP contribution in [0.15, 0.2) is 17.2 Å². The number of rotatable bonds is 7. The standard InChI is InChI=1S/C11H19N3O3S/c1-17-5-4-13-18(15,16)11-6-10(7-12)14(8-11)9-2-3-9/h6,8-9,13H,2-5,7,12H2,1H3. The van der Waals surface area contributed by atoms with E-state index in [4.69, 9.17) is 10.5 Å². The van der Waals surface area contributed by atoms with E-state index in [1.165, 1.54) is 7.11 Å². The van der Waals surface area contributed by atoms with Crippen molar-refractivity contribution in [3.63, 3.8) is 0 Å². The van der Waals surface area contributed by atoms with Gasteiger partial charge in [-0.3, -0.25) is 0 Å². The normalized spacial score (nSPS) is 16.1. The van der Waals surface area contributed by atoms with Crippen LogP contribution in [0.4, 0.5) is 0 Å². The molecular weight excluding hydrogens is 254 g/mol. The first kappa shape index (κ1) is 13.5. The summed E-state index contributed by atoms with van der Waals surface area (Å²) in [6.07, 6.45) is 3.87. The van der Waals surface area contributed by atoms with Crippen LogP contribution in [0.5, 0.6) is 0 Å². The van der Waals surface area contributed by atoms with E-state index in [0.717, 1.165) is 18.5 Å². The fourth-order valence-electron chi connectivity index (χ4n) is 1.86. The minimum atomic E-state index is -3.46. The SMILES string of the molecule is COCCNS(=O)(=O)c1cc(CN)n(C2CC2)c1. The molecule has 1 aliphatic rings.